The summed E-state index contributed by atoms with van der Waals surface area (Å²) in [6, 6.07) is 32.3. The normalized spacial score (nSPS) is 21.1. The Labute approximate surface area is 268 Å². The van der Waals surface area contributed by atoms with Crippen LogP contribution in [0.1, 0.15) is 72.7 Å². The van der Waals surface area contributed by atoms with Crippen molar-refractivity contribution in [2.75, 3.05) is 4.90 Å². The van der Waals surface area contributed by atoms with Crippen molar-refractivity contribution in [3.63, 3.8) is 0 Å². The number of aryl methyl sites for hydroxylation is 2. The van der Waals surface area contributed by atoms with Gasteiger partial charge in [0, 0.05) is 34.1 Å². The molecule has 0 bridgehead atoms. The molecule has 2 heteroatoms. The van der Waals surface area contributed by atoms with Crippen LogP contribution >= 0.6 is 0 Å². The molecule has 0 N–H and O–H groups in total. The maximum atomic E-state index is 2.55. The Morgan fingerprint density at radius 3 is 2.11 bits per heavy atom. The van der Waals surface area contributed by atoms with Crippen LogP contribution in [-0.2, 0) is 12.8 Å². The minimum Gasteiger partial charge on any atom is -0.331 e. The van der Waals surface area contributed by atoms with Gasteiger partial charge in [0.15, 0.2) is 0 Å². The van der Waals surface area contributed by atoms with Crippen LogP contribution in [0.2, 0.25) is 0 Å². The fourth-order valence-electron chi connectivity index (χ4n) is 8.02. The lowest BCUT2D eigenvalue weighted by atomic mass is 9.78. The van der Waals surface area contributed by atoms with E-state index in [4.69, 9.17) is 0 Å². The molecule has 0 amide bonds. The first-order chi connectivity index (χ1) is 21.6. The van der Waals surface area contributed by atoms with Crippen molar-refractivity contribution >= 4 is 28.4 Å². The largest absolute Gasteiger partial charge is 0.331 e. The number of fused-ring (bicyclic) bond motifs is 6. The van der Waals surface area contributed by atoms with E-state index < -0.39 is 0 Å². The summed E-state index contributed by atoms with van der Waals surface area (Å²) in [5, 5.41) is 1.39. The Bertz CT molecular complexity index is 2060. The van der Waals surface area contributed by atoms with Crippen LogP contribution in [0.4, 0.5) is 11.4 Å². The lowest BCUT2D eigenvalue weighted by Gasteiger charge is -2.40. The number of aromatic nitrogens is 1. The summed E-state index contributed by atoms with van der Waals surface area (Å²) in [5.41, 5.74) is 16.0. The third-order valence-electron chi connectivity index (χ3n) is 10.4. The number of hydrogen-bond donors (Lipinski definition) is 0. The van der Waals surface area contributed by atoms with E-state index in [1.165, 1.54) is 72.6 Å². The van der Waals surface area contributed by atoms with Crippen LogP contribution in [0, 0.1) is 19.3 Å². The zero-order valence-electron chi connectivity index (χ0n) is 27.4. The van der Waals surface area contributed by atoms with E-state index >= 15 is 0 Å². The van der Waals surface area contributed by atoms with E-state index in [0.29, 0.717) is 5.92 Å². The Kier molecular flexibility index (Phi) is 6.20. The first-order valence-electron chi connectivity index (χ1n) is 16.4. The highest BCUT2D eigenvalue weighted by molar-refractivity contribution is 5.91. The van der Waals surface area contributed by atoms with Crippen LogP contribution in [0.5, 0.6) is 0 Å². The predicted molar refractivity (Wildman–Crippen MR) is 191 cm³/mol. The molecule has 1 aliphatic heterocycles. The molecule has 8 rings (SSSR count). The van der Waals surface area contributed by atoms with Crippen molar-refractivity contribution in [1.82, 2.24) is 4.57 Å². The van der Waals surface area contributed by atoms with E-state index in [0.717, 1.165) is 12.8 Å². The molecule has 2 atom stereocenters. The fourth-order valence-corrected chi connectivity index (χ4v) is 8.02. The average molecular weight is 587 g/mol. The van der Waals surface area contributed by atoms with Gasteiger partial charge in [0.05, 0.1) is 11.1 Å². The SMILES string of the molecule is CC1=CC2c3cc(C)ccc3N(c3ccc(Cc4ccc(-n5c6c(c7cc(C)ccc75)CC(C)(C)C=C6)cc4)cc3)C2(C)C=C1. The van der Waals surface area contributed by atoms with Crippen LogP contribution in [-0.4, -0.2) is 10.1 Å². The Morgan fingerprint density at radius 2 is 1.38 bits per heavy atom. The molecule has 0 radical (unpaired) electrons. The van der Waals surface area contributed by atoms with Gasteiger partial charge < -0.3 is 9.47 Å². The van der Waals surface area contributed by atoms with E-state index in [9.17, 15) is 0 Å². The van der Waals surface area contributed by atoms with Gasteiger partial charge in [0.2, 0.25) is 0 Å². The van der Waals surface area contributed by atoms with Gasteiger partial charge in [-0.3, -0.25) is 0 Å². The van der Waals surface area contributed by atoms with Crippen LogP contribution in [0.15, 0.2) is 115 Å². The molecule has 0 spiro atoms. The number of allylic oxidation sites excluding steroid dienone is 3. The number of rotatable bonds is 4. The molecule has 5 aromatic rings. The van der Waals surface area contributed by atoms with Crippen LogP contribution < -0.4 is 4.90 Å². The lowest BCUT2D eigenvalue weighted by Crippen LogP contribution is -2.42. The van der Waals surface area contributed by atoms with E-state index in [1.807, 2.05) is 0 Å². The Balaban J connectivity index is 1.08. The molecule has 45 heavy (non-hydrogen) atoms. The molecule has 2 nitrogen and oxygen atoms in total. The number of anilines is 2. The quantitative estimate of drug-likeness (QED) is 0.203. The smallest absolute Gasteiger partial charge is 0.0712 e. The number of hydrogen-bond acceptors (Lipinski definition) is 1. The lowest BCUT2D eigenvalue weighted by molar-refractivity contribution is 0.476. The van der Waals surface area contributed by atoms with Crippen molar-refractivity contribution in [3.05, 3.63) is 154 Å². The number of benzene rings is 4. The molecule has 0 saturated heterocycles. The van der Waals surface area contributed by atoms with Gasteiger partial charge in [-0.05, 0) is 117 Å². The molecular weight excluding hydrogens is 544 g/mol. The first kappa shape index (κ1) is 28.0. The summed E-state index contributed by atoms with van der Waals surface area (Å²) in [6.45, 7) is 13.7. The van der Waals surface area contributed by atoms with Crippen LogP contribution in [0.3, 0.4) is 0 Å². The summed E-state index contributed by atoms with van der Waals surface area (Å²) in [4.78, 5) is 2.55. The topological polar surface area (TPSA) is 8.17 Å². The maximum Gasteiger partial charge on any atom is 0.0712 e. The Morgan fingerprint density at radius 1 is 0.711 bits per heavy atom. The van der Waals surface area contributed by atoms with Crippen LogP contribution in [0.25, 0.3) is 22.7 Å². The van der Waals surface area contributed by atoms with Crippen molar-refractivity contribution in [1.29, 1.82) is 0 Å². The standard InChI is InChI=1S/C43H42N2/c1-28-7-17-39-35(23-28)37-27-42(4,5)21-20-40(37)44(39)33-13-9-31(10-14-33)26-32-11-15-34(16-12-32)45-41-18-8-29(2)24-36(41)38-25-30(3)19-22-43(38,45)6/h7-25,38H,26-27H2,1-6H3. The number of nitrogens with zero attached hydrogens (tertiary/aromatic N) is 2. The first-order valence-corrected chi connectivity index (χ1v) is 16.4. The van der Waals surface area contributed by atoms with Crippen molar-refractivity contribution in [3.8, 4) is 5.69 Å². The highest BCUT2D eigenvalue weighted by Crippen LogP contribution is 2.54. The molecule has 0 fully saturated rings. The van der Waals surface area contributed by atoms with Gasteiger partial charge in [0.1, 0.15) is 0 Å². The molecule has 3 aliphatic rings. The zero-order valence-corrected chi connectivity index (χ0v) is 27.4. The molecular formula is C43H42N2. The highest BCUT2D eigenvalue weighted by Gasteiger charge is 2.47. The predicted octanol–water partition coefficient (Wildman–Crippen LogP) is 10.9. The average Bonchev–Trinajstić information content (AvgIpc) is 3.45. The molecule has 0 saturated carbocycles. The summed E-state index contributed by atoms with van der Waals surface area (Å²) in [7, 11) is 0. The fraction of sp³-hybridized carbons (Fsp3) is 0.256. The zero-order chi connectivity index (χ0) is 31.1. The third-order valence-corrected chi connectivity index (χ3v) is 10.4. The summed E-state index contributed by atoms with van der Waals surface area (Å²) in [6.07, 6.45) is 13.8. The highest BCUT2D eigenvalue weighted by atomic mass is 15.2. The summed E-state index contributed by atoms with van der Waals surface area (Å²) in [5.74, 6) is 0.351. The second-order valence-electron chi connectivity index (χ2n) is 14.6. The van der Waals surface area contributed by atoms with Gasteiger partial charge >= 0.3 is 0 Å². The summed E-state index contributed by atoms with van der Waals surface area (Å²) < 4.78 is 2.45. The monoisotopic (exact) mass is 586 g/mol. The summed E-state index contributed by atoms with van der Waals surface area (Å²) >= 11 is 0. The van der Waals surface area contributed by atoms with E-state index in [-0.39, 0.29) is 11.0 Å². The van der Waals surface area contributed by atoms with Gasteiger partial charge in [0.25, 0.3) is 0 Å². The molecule has 224 valence electrons. The van der Waals surface area contributed by atoms with E-state index in [2.05, 4.69) is 166 Å². The second-order valence-corrected chi connectivity index (χ2v) is 14.6. The molecule has 1 aromatic heterocycles. The molecule has 2 aliphatic carbocycles. The maximum absolute atomic E-state index is 2.55. The van der Waals surface area contributed by atoms with Crippen molar-refractivity contribution in [2.45, 2.75) is 65.8 Å². The van der Waals surface area contributed by atoms with E-state index in [1.54, 1.807) is 0 Å². The van der Waals surface area contributed by atoms with Gasteiger partial charge in [-0.25, -0.2) is 0 Å². The molecule has 2 unspecified atom stereocenters. The molecule has 2 heterocycles. The van der Waals surface area contributed by atoms with Gasteiger partial charge in [-0.1, -0.05) is 97.3 Å². The third kappa shape index (κ3) is 4.53. The minimum atomic E-state index is -0.113. The molecule has 4 aromatic carbocycles. The van der Waals surface area contributed by atoms with Gasteiger partial charge in [-0.15, -0.1) is 0 Å². The van der Waals surface area contributed by atoms with Crippen molar-refractivity contribution in [2.24, 2.45) is 5.41 Å². The minimum absolute atomic E-state index is 0.113. The second kappa shape index (κ2) is 9.97. The van der Waals surface area contributed by atoms with Crippen molar-refractivity contribution < 1.29 is 0 Å². The van der Waals surface area contributed by atoms with Gasteiger partial charge in [-0.2, -0.15) is 0 Å². The Hall–Kier alpha value is -4.56.